The maximum Gasteiger partial charge on any atom is 0.274 e. The van der Waals surface area contributed by atoms with E-state index < -0.39 is 12.1 Å². The third-order valence-electron chi connectivity index (χ3n) is 9.29. The van der Waals surface area contributed by atoms with E-state index in [9.17, 15) is 24.0 Å². The maximum atomic E-state index is 13.7. The molecule has 0 bridgehead atoms. The number of fused-ring (bicyclic) bond motifs is 2. The van der Waals surface area contributed by atoms with E-state index in [0.29, 0.717) is 67.6 Å². The van der Waals surface area contributed by atoms with Gasteiger partial charge in [-0.25, -0.2) is 9.67 Å². The zero-order valence-corrected chi connectivity index (χ0v) is 30.4. The number of nitrogens with one attached hydrogen (secondary N) is 4. The summed E-state index contributed by atoms with van der Waals surface area (Å²) in [5, 5.41) is 20.5. The molecule has 0 saturated carbocycles. The monoisotopic (exact) mass is 720 g/mol. The van der Waals surface area contributed by atoms with Gasteiger partial charge in [-0.2, -0.15) is 10.2 Å². The van der Waals surface area contributed by atoms with Crippen molar-refractivity contribution in [3.63, 3.8) is 0 Å². The molecule has 0 unspecified atom stereocenters. The van der Waals surface area contributed by atoms with Crippen molar-refractivity contribution in [3.05, 3.63) is 52.9 Å². The molecule has 17 nitrogen and oxygen atoms in total. The van der Waals surface area contributed by atoms with Crippen LogP contribution in [0.25, 0.3) is 0 Å². The summed E-state index contributed by atoms with van der Waals surface area (Å²) in [6.45, 7) is 7.07. The van der Waals surface area contributed by atoms with E-state index in [-0.39, 0.29) is 73.7 Å². The molecule has 0 saturated heterocycles. The van der Waals surface area contributed by atoms with Gasteiger partial charge in [-0.05, 0) is 43.4 Å². The molecule has 1 aromatic carbocycles. The number of benzene rings is 1. The van der Waals surface area contributed by atoms with Crippen molar-refractivity contribution >= 4 is 29.5 Å². The second-order valence-electron chi connectivity index (χ2n) is 13.1. The van der Waals surface area contributed by atoms with Crippen molar-refractivity contribution in [2.24, 2.45) is 5.92 Å². The fourth-order valence-electron chi connectivity index (χ4n) is 6.24. The van der Waals surface area contributed by atoms with Gasteiger partial charge in [0.2, 0.25) is 17.7 Å². The first-order valence-electron chi connectivity index (χ1n) is 17.7. The third kappa shape index (κ3) is 9.05. The van der Waals surface area contributed by atoms with Gasteiger partial charge in [0.05, 0.1) is 26.8 Å². The summed E-state index contributed by atoms with van der Waals surface area (Å²) in [6, 6.07) is 5.49. The quantitative estimate of drug-likeness (QED) is 0.272. The average Bonchev–Trinajstić information content (AvgIpc) is 3.75. The summed E-state index contributed by atoms with van der Waals surface area (Å²) in [4.78, 5) is 72.4. The third-order valence-corrected chi connectivity index (χ3v) is 9.29. The van der Waals surface area contributed by atoms with Crippen molar-refractivity contribution < 1.29 is 33.4 Å². The first kappa shape index (κ1) is 37.8. The highest BCUT2D eigenvalue weighted by atomic mass is 16.5. The fourth-order valence-corrected chi connectivity index (χ4v) is 6.24. The summed E-state index contributed by atoms with van der Waals surface area (Å²) >= 11 is 0. The number of methoxy groups -OCH3 is 2. The minimum absolute atomic E-state index is 0.0756. The molecule has 52 heavy (non-hydrogen) atoms. The Hall–Kier alpha value is -5.48. The minimum Gasteiger partial charge on any atom is -0.493 e. The summed E-state index contributed by atoms with van der Waals surface area (Å²) in [5.41, 5.74) is 1.30. The number of carbonyl (C=O) groups excluding carboxylic acids is 5. The molecule has 0 aliphatic carbocycles. The highest BCUT2D eigenvalue weighted by Gasteiger charge is 2.30. The summed E-state index contributed by atoms with van der Waals surface area (Å²) in [6.07, 6.45) is 1.78. The summed E-state index contributed by atoms with van der Waals surface area (Å²) in [5.74, 6) is 0.0589. The predicted molar refractivity (Wildman–Crippen MR) is 188 cm³/mol. The number of aromatic nitrogens is 5. The van der Waals surface area contributed by atoms with E-state index in [1.165, 1.54) is 15.4 Å². The molecule has 2 aliphatic heterocycles. The molecule has 4 N–H and O–H groups in total. The van der Waals surface area contributed by atoms with E-state index in [0.717, 1.165) is 5.56 Å². The van der Waals surface area contributed by atoms with E-state index in [1.807, 2.05) is 26.0 Å². The molecule has 3 aromatic rings. The lowest BCUT2D eigenvalue weighted by Crippen LogP contribution is -2.51. The maximum absolute atomic E-state index is 13.7. The van der Waals surface area contributed by atoms with Crippen LogP contribution in [0.4, 0.5) is 0 Å². The number of carbonyl (C=O) groups is 5. The van der Waals surface area contributed by atoms with Crippen LogP contribution in [0.3, 0.4) is 0 Å². The summed E-state index contributed by atoms with van der Waals surface area (Å²) in [7, 11) is 3.11. The minimum atomic E-state index is -0.828. The number of rotatable bonds is 7. The lowest BCUT2D eigenvalue weighted by Gasteiger charge is -2.26. The highest BCUT2D eigenvalue weighted by molar-refractivity contribution is 5.98. The van der Waals surface area contributed by atoms with E-state index in [4.69, 9.17) is 14.5 Å². The van der Waals surface area contributed by atoms with Crippen molar-refractivity contribution in [2.45, 2.75) is 78.0 Å². The van der Waals surface area contributed by atoms with Crippen LogP contribution in [-0.2, 0) is 33.9 Å². The molecule has 2 aromatic heterocycles. The number of hydrogen-bond acceptors (Lipinski definition) is 10. The van der Waals surface area contributed by atoms with Crippen molar-refractivity contribution in [1.29, 1.82) is 0 Å². The molecular weight excluding hydrogens is 672 g/mol. The molecule has 2 aliphatic rings. The van der Waals surface area contributed by atoms with E-state index in [1.54, 1.807) is 32.1 Å². The van der Waals surface area contributed by atoms with Crippen LogP contribution < -0.4 is 30.7 Å². The van der Waals surface area contributed by atoms with Gasteiger partial charge < -0.3 is 35.6 Å². The Morgan fingerprint density at radius 2 is 1.69 bits per heavy atom. The predicted octanol–water partition coefficient (Wildman–Crippen LogP) is 0.977. The zero-order valence-electron chi connectivity index (χ0n) is 30.4. The Morgan fingerprint density at radius 3 is 2.42 bits per heavy atom. The number of ether oxygens (including phenoxy) is 2. The largest absolute Gasteiger partial charge is 0.493 e. The Bertz CT molecular complexity index is 1790. The second kappa shape index (κ2) is 17.2. The van der Waals surface area contributed by atoms with Crippen molar-refractivity contribution in [2.75, 3.05) is 40.4 Å². The molecule has 4 heterocycles. The lowest BCUT2D eigenvalue weighted by molar-refractivity contribution is -0.130. The van der Waals surface area contributed by atoms with Gasteiger partial charge in [-0.15, -0.1) is 0 Å². The Labute approximate surface area is 302 Å². The normalized spacial score (nSPS) is 19.8. The molecule has 17 heteroatoms. The van der Waals surface area contributed by atoms with Gasteiger partial charge in [0.25, 0.3) is 11.8 Å². The number of amides is 5. The molecule has 0 radical (unpaired) electrons. The van der Waals surface area contributed by atoms with E-state index >= 15 is 0 Å². The molecule has 280 valence electrons. The average molecular weight is 721 g/mol. The van der Waals surface area contributed by atoms with Crippen LogP contribution in [0.1, 0.15) is 90.7 Å². The summed E-state index contributed by atoms with van der Waals surface area (Å²) < 4.78 is 13.8. The van der Waals surface area contributed by atoms with Crippen LogP contribution in [0, 0.1) is 5.92 Å². The molecule has 5 rings (SSSR count). The van der Waals surface area contributed by atoms with Crippen LogP contribution >= 0.6 is 0 Å². The standard InChI is InChI=1S/C35H48N10O7/c1-6-21(2)31-34(49)38-22(3)32-39-28(18-23-10-11-26(51-4)27(17-23)52-5)42-45(32)20-30(47)36-12-8-15-43(14-7-9-29(46)40-31)35(50)24-19-25-33(48)37-13-16-44(25)41-24/h10-11,17,19,21-22,31H,6-9,12-16,18,20H2,1-5H3,(H,36,47)(H,37,48)(H,38,49)(H,40,46)/t21-,22+,31-/m0/s1. The van der Waals surface area contributed by atoms with Crippen LogP contribution in [0.15, 0.2) is 24.3 Å². The Balaban J connectivity index is 1.38. The molecular formula is C35H48N10O7. The molecule has 0 spiro atoms. The smallest absolute Gasteiger partial charge is 0.274 e. The van der Waals surface area contributed by atoms with Crippen LogP contribution in [-0.4, -0.2) is 105 Å². The van der Waals surface area contributed by atoms with Gasteiger partial charge >= 0.3 is 0 Å². The van der Waals surface area contributed by atoms with Crippen LogP contribution in [0.2, 0.25) is 0 Å². The Kier molecular flexibility index (Phi) is 12.5. The topological polar surface area (TPSA) is 204 Å². The SMILES string of the molecule is CC[C@H](C)[C@@H]1NC(=O)CCCN(C(=O)c2cc3n(n2)CCNC3=O)CCCNC(=O)Cn2nc(Cc3ccc(OC)c(OC)c3)nc2[C@@H](C)NC1=O. The first-order chi connectivity index (χ1) is 25.0. The second-order valence-corrected chi connectivity index (χ2v) is 13.1. The van der Waals surface area contributed by atoms with E-state index in [2.05, 4.69) is 31.5 Å². The lowest BCUT2D eigenvalue weighted by atomic mass is 9.97. The Morgan fingerprint density at radius 1 is 0.923 bits per heavy atom. The number of nitrogens with zero attached hydrogens (tertiary/aromatic N) is 6. The number of hydrogen-bond donors (Lipinski definition) is 4. The zero-order chi connectivity index (χ0) is 37.4. The fraction of sp³-hybridized carbons (Fsp3) is 0.543. The van der Waals surface area contributed by atoms with Gasteiger partial charge in [0.1, 0.15) is 24.1 Å². The molecule has 5 amide bonds. The first-order valence-corrected chi connectivity index (χ1v) is 17.7. The van der Waals surface area contributed by atoms with Gasteiger partial charge in [0.15, 0.2) is 23.0 Å². The highest BCUT2D eigenvalue weighted by Crippen LogP contribution is 2.28. The van der Waals surface area contributed by atoms with Crippen molar-refractivity contribution in [1.82, 2.24) is 50.7 Å². The van der Waals surface area contributed by atoms with Crippen molar-refractivity contribution in [3.8, 4) is 11.5 Å². The van der Waals surface area contributed by atoms with Crippen LogP contribution in [0.5, 0.6) is 11.5 Å². The van der Waals surface area contributed by atoms with Gasteiger partial charge in [-0.1, -0.05) is 26.3 Å². The van der Waals surface area contributed by atoms with Gasteiger partial charge in [-0.3, -0.25) is 28.7 Å². The molecule has 0 fully saturated rings. The molecule has 3 atom stereocenters. The van der Waals surface area contributed by atoms with Gasteiger partial charge in [0, 0.05) is 45.1 Å².